The third-order valence-corrected chi connectivity index (χ3v) is 9.26. The molecule has 0 saturated heterocycles. The summed E-state index contributed by atoms with van der Waals surface area (Å²) in [6, 6.07) is 20.5. The van der Waals surface area contributed by atoms with E-state index in [9.17, 15) is 18.0 Å². The summed E-state index contributed by atoms with van der Waals surface area (Å²) in [5.74, 6) is -0.840. The van der Waals surface area contributed by atoms with Gasteiger partial charge in [-0.15, -0.1) is 0 Å². The number of hydrogen-bond acceptors (Lipinski definition) is 4. The maximum absolute atomic E-state index is 14.2. The molecule has 1 fully saturated rings. The predicted molar refractivity (Wildman–Crippen MR) is 165 cm³/mol. The van der Waals surface area contributed by atoms with Crippen LogP contribution in [0.2, 0.25) is 15.1 Å². The van der Waals surface area contributed by atoms with Crippen LogP contribution >= 0.6 is 34.8 Å². The minimum atomic E-state index is -4.00. The lowest BCUT2D eigenvalue weighted by atomic mass is 10.0. The molecule has 3 aromatic rings. The monoisotopic (exact) mass is 635 g/mol. The molecule has 2 amide bonds. The van der Waals surface area contributed by atoms with Gasteiger partial charge in [-0.2, -0.15) is 0 Å². The Morgan fingerprint density at radius 2 is 1.44 bits per heavy atom. The molecule has 7 nitrogen and oxygen atoms in total. The van der Waals surface area contributed by atoms with Crippen molar-refractivity contribution in [2.24, 2.45) is 0 Å². The molecule has 3 aromatic carbocycles. The highest BCUT2D eigenvalue weighted by Crippen LogP contribution is 2.35. The van der Waals surface area contributed by atoms with E-state index in [2.05, 4.69) is 5.32 Å². The molecule has 0 spiro atoms. The number of carbonyl (C=O) groups excluding carboxylic acids is 2. The highest BCUT2D eigenvalue weighted by atomic mass is 35.5. The molecule has 41 heavy (non-hydrogen) atoms. The summed E-state index contributed by atoms with van der Waals surface area (Å²) in [4.78, 5) is 29.4. The van der Waals surface area contributed by atoms with Gasteiger partial charge in [0, 0.05) is 19.0 Å². The molecule has 1 aliphatic rings. The molecule has 0 heterocycles. The van der Waals surface area contributed by atoms with Crippen molar-refractivity contribution in [2.75, 3.05) is 17.1 Å². The second-order valence-electron chi connectivity index (χ2n) is 10.2. The standard InChI is InChI=1S/C30H32Cl3N3O4S/c1-41(39,40)36(27-18-25(32)24(31)17-26(27)33)20-29(37)35(19-22-12-6-3-7-13-22)28(16-21-10-4-2-5-11-21)30(38)34-23-14-8-9-15-23/h2-7,10-13,17-18,23,28H,8-9,14-16,19-20H2,1H3,(H,34,38)/t28-/m0/s1. The average Bonchev–Trinajstić information content (AvgIpc) is 3.45. The Kier molecular flexibility index (Phi) is 10.6. The fraction of sp³-hybridized carbons (Fsp3) is 0.333. The molecule has 0 aromatic heterocycles. The van der Waals surface area contributed by atoms with E-state index in [1.807, 2.05) is 60.7 Å². The number of hydrogen-bond donors (Lipinski definition) is 1. The van der Waals surface area contributed by atoms with Gasteiger partial charge in [0.1, 0.15) is 12.6 Å². The number of nitrogens with one attached hydrogen (secondary N) is 1. The Morgan fingerprint density at radius 3 is 2.02 bits per heavy atom. The van der Waals surface area contributed by atoms with E-state index in [1.165, 1.54) is 17.0 Å². The Morgan fingerprint density at radius 1 is 0.878 bits per heavy atom. The topological polar surface area (TPSA) is 86.8 Å². The van der Waals surface area contributed by atoms with Crippen LogP contribution in [-0.4, -0.2) is 50.0 Å². The van der Waals surface area contributed by atoms with E-state index >= 15 is 0 Å². The van der Waals surface area contributed by atoms with Gasteiger partial charge >= 0.3 is 0 Å². The van der Waals surface area contributed by atoms with Gasteiger partial charge in [0.05, 0.1) is 27.0 Å². The van der Waals surface area contributed by atoms with Gasteiger partial charge in [-0.05, 0) is 36.1 Å². The van der Waals surface area contributed by atoms with E-state index in [4.69, 9.17) is 34.8 Å². The molecule has 1 atom stereocenters. The minimum absolute atomic E-state index is 0.0200. The third-order valence-electron chi connectivity index (χ3n) is 7.11. The fourth-order valence-corrected chi connectivity index (χ4v) is 6.55. The first-order chi connectivity index (χ1) is 19.5. The molecule has 1 saturated carbocycles. The van der Waals surface area contributed by atoms with Crippen molar-refractivity contribution >= 4 is 62.3 Å². The van der Waals surface area contributed by atoms with Crippen molar-refractivity contribution in [1.82, 2.24) is 10.2 Å². The largest absolute Gasteiger partial charge is 0.352 e. The van der Waals surface area contributed by atoms with E-state index in [0.717, 1.165) is 47.4 Å². The van der Waals surface area contributed by atoms with Gasteiger partial charge in [0.2, 0.25) is 21.8 Å². The summed E-state index contributed by atoms with van der Waals surface area (Å²) in [7, 11) is -4.00. The highest BCUT2D eigenvalue weighted by molar-refractivity contribution is 7.92. The SMILES string of the molecule is CS(=O)(=O)N(CC(=O)N(Cc1ccccc1)[C@@H](Cc1ccccc1)C(=O)NC1CCCC1)c1cc(Cl)c(Cl)cc1Cl. The van der Waals surface area contributed by atoms with Gasteiger partial charge in [-0.1, -0.05) is 108 Å². The zero-order valence-corrected chi connectivity index (χ0v) is 25.7. The number of benzene rings is 3. The first-order valence-electron chi connectivity index (χ1n) is 13.3. The zero-order chi connectivity index (χ0) is 29.6. The minimum Gasteiger partial charge on any atom is -0.352 e. The highest BCUT2D eigenvalue weighted by Gasteiger charge is 2.34. The molecule has 0 bridgehead atoms. The van der Waals surface area contributed by atoms with Crippen LogP contribution < -0.4 is 9.62 Å². The fourth-order valence-electron chi connectivity index (χ4n) is 5.00. The Balaban J connectivity index is 1.74. The second kappa shape index (κ2) is 13.9. The summed E-state index contributed by atoms with van der Waals surface area (Å²) < 4.78 is 26.8. The van der Waals surface area contributed by atoms with Gasteiger partial charge in [-0.3, -0.25) is 13.9 Å². The molecular weight excluding hydrogens is 605 g/mol. The lowest BCUT2D eigenvalue weighted by Crippen LogP contribution is -2.54. The predicted octanol–water partition coefficient (Wildman–Crippen LogP) is 6.11. The first-order valence-corrected chi connectivity index (χ1v) is 16.3. The van der Waals surface area contributed by atoms with Crippen LogP contribution in [0.5, 0.6) is 0 Å². The van der Waals surface area contributed by atoms with Crippen LogP contribution in [0.3, 0.4) is 0 Å². The summed E-state index contributed by atoms with van der Waals surface area (Å²) in [6.45, 7) is -0.493. The maximum atomic E-state index is 14.2. The molecular formula is C30H32Cl3N3O4S. The van der Waals surface area contributed by atoms with Crippen LogP contribution in [0.25, 0.3) is 0 Å². The molecule has 1 N–H and O–H groups in total. The number of carbonyl (C=O) groups is 2. The van der Waals surface area contributed by atoms with E-state index in [-0.39, 0.29) is 45.7 Å². The van der Waals surface area contributed by atoms with Gasteiger partial charge in [0.15, 0.2) is 0 Å². The maximum Gasteiger partial charge on any atom is 0.244 e. The van der Waals surface area contributed by atoms with Gasteiger partial charge < -0.3 is 10.2 Å². The summed E-state index contributed by atoms with van der Waals surface area (Å²) in [5.41, 5.74) is 1.69. The van der Waals surface area contributed by atoms with E-state index in [1.54, 1.807) is 0 Å². The first kappa shape index (κ1) is 31.2. The van der Waals surface area contributed by atoms with Crippen molar-refractivity contribution in [2.45, 2.75) is 50.7 Å². The van der Waals surface area contributed by atoms with Crippen molar-refractivity contribution in [3.63, 3.8) is 0 Å². The van der Waals surface area contributed by atoms with Crippen LogP contribution in [0, 0.1) is 0 Å². The van der Waals surface area contributed by atoms with E-state index in [0.29, 0.717) is 0 Å². The number of nitrogens with zero attached hydrogens (tertiary/aromatic N) is 2. The number of amides is 2. The lowest BCUT2D eigenvalue weighted by molar-refractivity contribution is -0.140. The van der Waals surface area contributed by atoms with Crippen molar-refractivity contribution < 1.29 is 18.0 Å². The van der Waals surface area contributed by atoms with Crippen LogP contribution in [0.4, 0.5) is 5.69 Å². The van der Waals surface area contributed by atoms with Crippen LogP contribution in [0.1, 0.15) is 36.8 Å². The molecule has 0 unspecified atom stereocenters. The Bertz CT molecular complexity index is 1470. The molecule has 0 aliphatic heterocycles. The van der Waals surface area contributed by atoms with Crippen LogP contribution in [0.15, 0.2) is 72.8 Å². The number of halogens is 3. The van der Waals surface area contributed by atoms with Gasteiger partial charge in [0.25, 0.3) is 0 Å². The molecule has 11 heteroatoms. The lowest BCUT2D eigenvalue weighted by Gasteiger charge is -2.34. The summed E-state index contributed by atoms with van der Waals surface area (Å²) in [6.07, 6.45) is 5.07. The van der Waals surface area contributed by atoms with Crippen molar-refractivity contribution in [3.8, 4) is 0 Å². The zero-order valence-electron chi connectivity index (χ0n) is 22.6. The number of sulfonamides is 1. The Hall–Kier alpha value is -2.78. The van der Waals surface area contributed by atoms with Crippen LogP contribution in [-0.2, 0) is 32.6 Å². The summed E-state index contributed by atoms with van der Waals surface area (Å²) in [5, 5.41) is 3.40. The Labute approximate surface area is 256 Å². The molecule has 218 valence electrons. The molecule has 0 radical (unpaired) electrons. The van der Waals surface area contributed by atoms with E-state index < -0.39 is 28.5 Å². The second-order valence-corrected chi connectivity index (χ2v) is 13.3. The number of rotatable bonds is 11. The quantitative estimate of drug-likeness (QED) is 0.257. The molecule has 4 rings (SSSR count). The smallest absolute Gasteiger partial charge is 0.244 e. The summed E-state index contributed by atoms with van der Waals surface area (Å²) >= 11 is 18.6. The normalized spacial score (nSPS) is 14.4. The molecule has 1 aliphatic carbocycles. The van der Waals surface area contributed by atoms with Gasteiger partial charge in [-0.25, -0.2) is 8.42 Å². The van der Waals surface area contributed by atoms with Crippen molar-refractivity contribution in [3.05, 3.63) is 99.0 Å². The third kappa shape index (κ3) is 8.38. The van der Waals surface area contributed by atoms with Crippen molar-refractivity contribution in [1.29, 1.82) is 0 Å². The average molecular weight is 637 g/mol. The number of anilines is 1.